The van der Waals surface area contributed by atoms with Gasteiger partial charge in [0.1, 0.15) is 0 Å². The van der Waals surface area contributed by atoms with Crippen LogP contribution in [0.2, 0.25) is 0 Å². The van der Waals surface area contributed by atoms with E-state index in [0.717, 1.165) is 75.5 Å². The number of pyridine rings is 1. The Balaban J connectivity index is 1.37. The minimum absolute atomic E-state index is 0.0186. The summed E-state index contributed by atoms with van der Waals surface area (Å²) >= 11 is 0. The van der Waals surface area contributed by atoms with Crippen molar-refractivity contribution in [1.29, 1.82) is 0 Å². The van der Waals surface area contributed by atoms with Crippen molar-refractivity contribution in [3.8, 4) is 11.1 Å². The van der Waals surface area contributed by atoms with Crippen LogP contribution < -0.4 is 0 Å². The maximum atomic E-state index is 14.2. The first kappa shape index (κ1) is 29.4. The van der Waals surface area contributed by atoms with E-state index in [1.807, 2.05) is 34.8 Å². The molecule has 0 radical (unpaired) electrons. The van der Waals surface area contributed by atoms with Gasteiger partial charge in [0.2, 0.25) is 6.29 Å². The lowest BCUT2D eigenvalue weighted by Crippen LogP contribution is -2.42. The van der Waals surface area contributed by atoms with E-state index >= 15 is 0 Å². The van der Waals surface area contributed by atoms with E-state index in [-0.39, 0.29) is 5.91 Å². The summed E-state index contributed by atoms with van der Waals surface area (Å²) in [5.74, 6) is -0.137. The van der Waals surface area contributed by atoms with E-state index in [2.05, 4.69) is 47.8 Å². The van der Waals surface area contributed by atoms with Crippen molar-refractivity contribution in [2.75, 3.05) is 13.1 Å². The predicted octanol–water partition coefficient (Wildman–Crippen LogP) is 4.28. The van der Waals surface area contributed by atoms with Gasteiger partial charge in [0.05, 0.1) is 24.0 Å². The summed E-state index contributed by atoms with van der Waals surface area (Å²) in [5.41, 5.74) is 9.76. The molecule has 1 aromatic carbocycles. The Kier molecular flexibility index (Phi) is 7.57. The van der Waals surface area contributed by atoms with Gasteiger partial charge in [-0.1, -0.05) is 19.1 Å². The maximum Gasteiger partial charge on any atom is 0.279 e. The van der Waals surface area contributed by atoms with Gasteiger partial charge >= 0.3 is 0 Å². The van der Waals surface area contributed by atoms with Crippen LogP contribution in [0.3, 0.4) is 0 Å². The Morgan fingerprint density at radius 1 is 1.02 bits per heavy atom. The SMILES string of the molecule is CCc1ccc(-c2cc(C(=O)N3Cc4cnn(CC)c4C3)cc3cc(C4=CCCN(C(=O)C(O)O)C4)n(CC4CC4)c23)c(C)n1. The molecule has 234 valence electrons. The molecule has 2 N–H and O–H groups in total. The molecule has 1 aliphatic carbocycles. The molecular weight excluding hydrogens is 568 g/mol. The van der Waals surface area contributed by atoms with Gasteiger partial charge in [-0.25, -0.2) is 0 Å². The van der Waals surface area contributed by atoms with Gasteiger partial charge < -0.3 is 24.6 Å². The lowest BCUT2D eigenvalue weighted by Gasteiger charge is -2.28. The second-order valence-electron chi connectivity index (χ2n) is 12.6. The van der Waals surface area contributed by atoms with Crippen LogP contribution in [0.4, 0.5) is 0 Å². The number of hydrogen-bond acceptors (Lipinski definition) is 6. The molecule has 10 nitrogen and oxygen atoms in total. The fourth-order valence-corrected chi connectivity index (χ4v) is 6.94. The lowest BCUT2D eigenvalue weighted by atomic mass is 9.97. The van der Waals surface area contributed by atoms with E-state index in [1.165, 1.54) is 17.7 Å². The van der Waals surface area contributed by atoms with Gasteiger partial charge in [-0.2, -0.15) is 5.10 Å². The van der Waals surface area contributed by atoms with E-state index in [9.17, 15) is 19.8 Å². The Labute approximate surface area is 262 Å². The Hall–Kier alpha value is -4.28. The number of fused-ring (bicyclic) bond motifs is 2. The fourth-order valence-electron chi connectivity index (χ4n) is 6.94. The third-order valence-electron chi connectivity index (χ3n) is 9.51. The number of hydrogen-bond donors (Lipinski definition) is 2. The first-order chi connectivity index (χ1) is 21.7. The smallest absolute Gasteiger partial charge is 0.279 e. The average molecular weight is 609 g/mol. The third kappa shape index (κ3) is 5.36. The summed E-state index contributed by atoms with van der Waals surface area (Å²) < 4.78 is 4.33. The molecular formula is C35H40N6O4. The van der Waals surface area contributed by atoms with Gasteiger partial charge in [-0.05, 0) is 75.3 Å². The first-order valence-corrected chi connectivity index (χ1v) is 16.1. The van der Waals surface area contributed by atoms with Crippen LogP contribution in [-0.2, 0) is 37.4 Å². The highest BCUT2D eigenvalue weighted by molar-refractivity contribution is 6.05. The minimum atomic E-state index is -2.03. The molecule has 45 heavy (non-hydrogen) atoms. The number of carbonyl (C=O) groups excluding carboxylic acids is 2. The number of aliphatic hydroxyl groups excluding tert-OH is 1. The Bertz CT molecular complexity index is 1850. The number of rotatable bonds is 8. The van der Waals surface area contributed by atoms with E-state index < -0.39 is 12.2 Å². The van der Waals surface area contributed by atoms with E-state index in [4.69, 9.17) is 4.98 Å². The monoisotopic (exact) mass is 608 g/mol. The molecule has 0 bridgehead atoms. The van der Waals surface area contributed by atoms with Crippen LogP contribution in [0.25, 0.3) is 27.6 Å². The summed E-state index contributed by atoms with van der Waals surface area (Å²) in [5, 5.41) is 24.6. The molecule has 2 amide bonds. The van der Waals surface area contributed by atoms with Gasteiger partial charge in [-0.3, -0.25) is 19.3 Å². The molecule has 0 saturated heterocycles. The zero-order chi connectivity index (χ0) is 31.4. The zero-order valence-corrected chi connectivity index (χ0v) is 26.2. The quantitative estimate of drug-likeness (QED) is 0.289. The summed E-state index contributed by atoms with van der Waals surface area (Å²) in [6.07, 6.45) is 5.80. The molecule has 7 rings (SSSR count). The molecule has 4 aromatic rings. The van der Waals surface area contributed by atoms with Crippen LogP contribution in [0.1, 0.15) is 71.8 Å². The van der Waals surface area contributed by atoms with Gasteiger partial charge in [0, 0.05) is 77.4 Å². The molecule has 2 aliphatic heterocycles. The Morgan fingerprint density at radius 2 is 1.84 bits per heavy atom. The number of carbonyl (C=O) groups is 2. The predicted molar refractivity (Wildman–Crippen MR) is 171 cm³/mol. The minimum Gasteiger partial charge on any atom is -0.361 e. The van der Waals surface area contributed by atoms with Crippen molar-refractivity contribution >= 4 is 28.3 Å². The zero-order valence-electron chi connectivity index (χ0n) is 26.2. The fraction of sp³-hybridized carbons (Fsp3) is 0.429. The second kappa shape index (κ2) is 11.6. The number of benzene rings is 1. The molecule has 5 heterocycles. The summed E-state index contributed by atoms with van der Waals surface area (Å²) in [6, 6.07) is 10.4. The number of aryl methyl sites for hydroxylation is 3. The van der Waals surface area contributed by atoms with Crippen LogP contribution >= 0.6 is 0 Å². The molecule has 1 saturated carbocycles. The summed E-state index contributed by atoms with van der Waals surface area (Å²) in [4.78, 5) is 35.0. The topological polar surface area (TPSA) is 117 Å². The third-order valence-corrected chi connectivity index (χ3v) is 9.51. The average Bonchev–Trinajstić information content (AvgIpc) is 3.46. The second-order valence-corrected chi connectivity index (χ2v) is 12.6. The number of aromatic nitrogens is 4. The first-order valence-electron chi connectivity index (χ1n) is 16.1. The van der Waals surface area contributed by atoms with Crippen molar-refractivity contribution in [3.05, 3.63) is 76.5 Å². The largest absolute Gasteiger partial charge is 0.361 e. The molecule has 1 fully saturated rings. The van der Waals surface area contributed by atoms with Gasteiger partial charge in [-0.15, -0.1) is 0 Å². The molecule has 0 spiro atoms. The summed E-state index contributed by atoms with van der Waals surface area (Å²) in [7, 11) is 0. The lowest BCUT2D eigenvalue weighted by molar-refractivity contribution is -0.158. The van der Waals surface area contributed by atoms with E-state index in [0.29, 0.717) is 44.1 Å². The van der Waals surface area contributed by atoms with E-state index in [1.54, 1.807) is 0 Å². The summed E-state index contributed by atoms with van der Waals surface area (Å²) in [6.45, 7) is 9.59. The van der Waals surface area contributed by atoms with Crippen LogP contribution in [0.5, 0.6) is 0 Å². The normalized spacial score (nSPS) is 16.5. The van der Waals surface area contributed by atoms with Crippen molar-refractivity contribution in [2.45, 2.75) is 78.9 Å². The number of amides is 2. The van der Waals surface area contributed by atoms with Crippen molar-refractivity contribution in [2.24, 2.45) is 5.92 Å². The van der Waals surface area contributed by atoms with Gasteiger partial charge in [0.15, 0.2) is 0 Å². The standard InChI is InChI=1S/C35H40N6O4/c1-4-27-10-11-28(21(3)37-27)29-14-25(33(42)39-19-26-16-36-41(5-2)31(26)20-39)13-24-15-30(40(32(24)29)17-22-8-9-22)23-7-6-12-38(18-23)34(43)35(44)45/h7,10-11,13-16,22,35,44-45H,4-6,8-9,12,17-20H2,1-3H3. The van der Waals surface area contributed by atoms with Crippen molar-refractivity contribution in [3.63, 3.8) is 0 Å². The van der Waals surface area contributed by atoms with Crippen molar-refractivity contribution in [1.82, 2.24) is 29.1 Å². The molecule has 3 aromatic heterocycles. The number of nitrogens with zero attached hydrogens (tertiary/aromatic N) is 6. The highest BCUT2D eigenvalue weighted by atomic mass is 16.5. The maximum absolute atomic E-state index is 14.2. The highest BCUT2D eigenvalue weighted by Gasteiger charge is 2.31. The van der Waals surface area contributed by atoms with Crippen molar-refractivity contribution < 1.29 is 19.8 Å². The number of aliphatic hydroxyl groups is 2. The molecule has 10 heteroatoms. The van der Waals surface area contributed by atoms with Crippen LogP contribution in [0, 0.1) is 12.8 Å². The highest BCUT2D eigenvalue weighted by Crippen LogP contribution is 2.40. The molecule has 0 atom stereocenters. The van der Waals surface area contributed by atoms with Gasteiger partial charge in [0.25, 0.3) is 11.8 Å². The molecule has 0 unspecified atom stereocenters. The van der Waals surface area contributed by atoms with Crippen LogP contribution in [0.15, 0.2) is 42.6 Å². The van der Waals surface area contributed by atoms with Crippen LogP contribution in [-0.4, -0.2) is 70.5 Å². The Morgan fingerprint density at radius 3 is 2.56 bits per heavy atom. The molecule has 3 aliphatic rings.